The van der Waals surface area contributed by atoms with Crippen LogP contribution in [0.1, 0.15) is 46.5 Å². The zero-order valence-corrected chi connectivity index (χ0v) is 14.7. The Morgan fingerprint density at radius 1 is 0.880 bits per heavy atom. The van der Waals surface area contributed by atoms with Crippen LogP contribution in [0.15, 0.2) is 54.6 Å². The smallest absolute Gasteiger partial charge is 0.338 e. The second kappa shape index (κ2) is 9.62. The van der Waals surface area contributed by atoms with Crippen molar-refractivity contribution >= 4 is 11.9 Å². The van der Waals surface area contributed by atoms with Crippen molar-refractivity contribution in [2.24, 2.45) is 5.92 Å². The highest BCUT2D eigenvalue weighted by molar-refractivity contribution is 5.95. The van der Waals surface area contributed by atoms with E-state index in [1.54, 1.807) is 18.2 Å². The number of hydrogen-bond donors (Lipinski definition) is 0. The minimum absolute atomic E-state index is 0.265. The van der Waals surface area contributed by atoms with Crippen molar-refractivity contribution in [3.63, 3.8) is 0 Å². The molecule has 132 valence electrons. The first-order valence-corrected chi connectivity index (χ1v) is 8.54. The molecule has 2 aromatic rings. The van der Waals surface area contributed by atoms with Crippen molar-refractivity contribution < 1.29 is 19.1 Å². The van der Waals surface area contributed by atoms with Crippen LogP contribution in [0.2, 0.25) is 0 Å². The predicted octanol–water partition coefficient (Wildman–Crippen LogP) is 4.29. The fraction of sp³-hybridized carbons (Fsp3) is 0.333. The number of benzene rings is 2. The average molecular weight is 340 g/mol. The summed E-state index contributed by atoms with van der Waals surface area (Å²) in [4.78, 5) is 24.1. The van der Waals surface area contributed by atoms with Crippen LogP contribution in [-0.4, -0.2) is 25.2 Å². The number of carbonyl (C=O) groups is 2. The van der Waals surface area contributed by atoms with Gasteiger partial charge in [-0.1, -0.05) is 50.2 Å². The van der Waals surface area contributed by atoms with Gasteiger partial charge in [0.1, 0.15) is 0 Å². The molecule has 0 heterocycles. The maximum Gasteiger partial charge on any atom is 0.338 e. The number of rotatable bonds is 8. The van der Waals surface area contributed by atoms with Crippen LogP contribution in [0.5, 0.6) is 0 Å². The lowest BCUT2D eigenvalue weighted by molar-refractivity contribution is 0.0459. The molecule has 4 nitrogen and oxygen atoms in total. The standard InChI is InChI=1S/C21H24O4/c1-16(2)15-25-21(23)19-12-6-11-18(14-19)20(22)24-13-7-10-17-8-4-3-5-9-17/h3-6,8-9,11-12,14,16H,7,10,13,15H2,1-2H3. The molecule has 0 unspecified atom stereocenters. The SMILES string of the molecule is CC(C)COC(=O)c1cccc(C(=O)OCCCc2ccccc2)c1. The molecule has 0 bridgehead atoms. The fourth-order valence-corrected chi connectivity index (χ4v) is 2.27. The van der Waals surface area contributed by atoms with Gasteiger partial charge in [0.2, 0.25) is 0 Å². The zero-order valence-electron chi connectivity index (χ0n) is 14.7. The number of ether oxygens (including phenoxy) is 2. The molecule has 0 aliphatic rings. The highest BCUT2D eigenvalue weighted by Crippen LogP contribution is 2.10. The quantitative estimate of drug-likeness (QED) is 0.531. The van der Waals surface area contributed by atoms with E-state index >= 15 is 0 Å². The molecule has 2 aromatic carbocycles. The first-order valence-electron chi connectivity index (χ1n) is 8.54. The summed E-state index contributed by atoms with van der Waals surface area (Å²) in [6, 6.07) is 16.5. The number of hydrogen-bond acceptors (Lipinski definition) is 4. The molecule has 0 fully saturated rings. The van der Waals surface area contributed by atoms with Gasteiger partial charge in [-0.05, 0) is 42.5 Å². The third-order valence-electron chi connectivity index (χ3n) is 3.57. The van der Waals surface area contributed by atoms with Gasteiger partial charge >= 0.3 is 11.9 Å². The Kier molecular flexibility index (Phi) is 7.20. The second-order valence-electron chi connectivity index (χ2n) is 6.30. The predicted molar refractivity (Wildman–Crippen MR) is 96.6 cm³/mol. The Hall–Kier alpha value is -2.62. The summed E-state index contributed by atoms with van der Waals surface area (Å²) < 4.78 is 10.5. The monoisotopic (exact) mass is 340 g/mol. The maximum absolute atomic E-state index is 12.1. The molecule has 0 N–H and O–H groups in total. The van der Waals surface area contributed by atoms with Crippen molar-refractivity contribution in [2.75, 3.05) is 13.2 Å². The van der Waals surface area contributed by atoms with E-state index in [4.69, 9.17) is 9.47 Å². The summed E-state index contributed by atoms with van der Waals surface area (Å²) in [7, 11) is 0. The molecule has 4 heteroatoms. The van der Waals surface area contributed by atoms with Gasteiger partial charge in [-0.2, -0.15) is 0 Å². The van der Waals surface area contributed by atoms with E-state index in [2.05, 4.69) is 0 Å². The average Bonchev–Trinajstić information content (AvgIpc) is 2.64. The summed E-state index contributed by atoms with van der Waals surface area (Å²) in [6.45, 7) is 4.63. The van der Waals surface area contributed by atoms with Crippen molar-refractivity contribution in [1.82, 2.24) is 0 Å². The molecule has 0 aliphatic carbocycles. The fourth-order valence-electron chi connectivity index (χ4n) is 2.27. The first kappa shape index (κ1) is 18.7. The molecule has 0 amide bonds. The van der Waals surface area contributed by atoms with Crippen LogP contribution in [-0.2, 0) is 15.9 Å². The molecular formula is C21H24O4. The molecule has 0 aliphatic heterocycles. The summed E-state index contributed by atoms with van der Waals surface area (Å²) in [6.07, 6.45) is 1.61. The Morgan fingerprint density at radius 3 is 2.16 bits per heavy atom. The van der Waals surface area contributed by atoms with Crippen LogP contribution in [0, 0.1) is 5.92 Å². The van der Waals surface area contributed by atoms with E-state index in [1.165, 1.54) is 11.6 Å². The lowest BCUT2D eigenvalue weighted by Gasteiger charge is -2.08. The highest BCUT2D eigenvalue weighted by atomic mass is 16.5. The number of esters is 2. The largest absolute Gasteiger partial charge is 0.462 e. The molecule has 0 atom stereocenters. The molecule has 0 saturated heterocycles. The third kappa shape index (κ3) is 6.42. The van der Waals surface area contributed by atoms with Crippen LogP contribution in [0.25, 0.3) is 0 Å². The van der Waals surface area contributed by atoms with E-state index in [-0.39, 0.29) is 5.92 Å². The Labute approximate surface area is 148 Å². The second-order valence-corrected chi connectivity index (χ2v) is 6.30. The van der Waals surface area contributed by atoms with E-state index in [0.717, 1.165) is 12.8 Å². The van der Waals surface area contributed by atoms with E-state index in [1.807, 2.05) is 44.2 Å². The van der Waals surface area contributed by atoms with Crippen LogP contribution < -0.4 is 0 Å². The van der Waals surface area contributed by atoms with Crippen molar-refractivity contribution in [1.29, 1.82) is 0 Å². The Morgan fingerprint density at radius 2 is 1.52 bits per heavy atom. The van der Waals surface area contributed by atoms with E-state index in [9.17, 15) is 9.59 Å². The van der Waals surface area contributed by atoms with Crippen LogP contribution in [0.3, 0.4) is 0 Å². The minimum atomic E-state index is -0.424. The highest BCUT2D eigenvalue weighted by Gasteiger charge is 2.13. The first-order chi connectivity index (χ1) is 12.1. The van der Waals surface area contributed by atoms with Crippen molar-refractivity contribution in [3.8, 4) is 0 Å². The normalized spacial score (nSPS) is 10.5. The summed E-state index contributed by atoms with van der Waals surface area (Å²) >= 11 is 0. The van der Waals surface area contributed by atoms with Gasteiger partial charge in [0, 0.05) is 0 Å². The summed E-state index contributed by atoms with van der Waals surface area (Å²) in [5.41, 5.74) is 1.94. The summed E-state index contributed by atoms with van der Waals surface area (Å²) in [5.74, 6) is -0.583. The lowest BCUT2D eigenvalue weighted by Crippen LogP contribution is -2.12. The van der Waals surface area contributed by atoms with Crippen molar-refractivity contribution in [2.45, 2.75) is 26.7 Å². The Bertz CT molecular complexity index is 692. The molecule has 2 rings (SSSR count). The molecule has 25 heavy (non-hydrogen) atoms. The summed E-state index contributed by atoms with van der Waals surface area (Å²) in [5, 5.41) is 0. The molecule has 0 aromatic heterocycles. The van der Waals surface area contributed by atoms with E-state index < -0.39 is 11.9 Å². The maximum atomic E-state index is 12.1. The zero-order chi connectivity index (χ0) is 18.1. The molecule has 0 spiro atoms. The third-order valence-corrected chi connectivity index (χ3v) is 3.57. The van der Waals surface area contributed by atoms with Gasteiger partial charge in [-0.15, -0.1) is 0 Å². The van der Waals surface area contributed by atoms with Gasteiger partial charge < -0.3 is 9.47 Å². The van der Waals surface area contributed by atoms with Crippen LogP contribution >= 0.6 is 0 Å². The topological polar surface area (TPSA) is 52.6 Å². The number of carbonyl (C=O) groups excluding carboxylic acids is 2. The van der Waals surface area contributed by atoms with Crippen LogP contribution in [0.4, 0.5) is 0 Å². The number of aryl methyl sites for hydroxylation is 1. The van der Waals surface area contributed by atoms with E-state index in [0.29, 0.717) is 24.3 Å². The van der Waals surface area contributed by atoms with Crippen molar-refractivity contribution in [3.05, 3.63) is 71.3 Å². The van der Waals surface area contributed by atoms with Gasteiger partial charge in [0.15, 0.2) is 0 Å². The van der Waals surface area contributed by atoms with Gasteiger partial charge in [0.25, 0.3) is 0 Å². The van der Waals surface area contributed by atoms with Gasteiger partial charge in [-0.25, -0.2) is 9.59 Å². The van der Waals surface area contributed by atoms with Gasteiger partial charge in [0.05, 0.1) is 24.3 Å². The lowest BCUT2D eigenvalue weighted by atomic mass is 10.1. The van der Waals surface area contributed by atoms with Gasteiger partial charge in [-0.3, -0.25) is 0 Å². The minimum Gasteiger partial charge on any atom is -0.462 e. The Balaban J connectivity index is 1.83. The molecule has 0 saturated carbocycles. The molecular weight excluding hydrogens is 316 g/mol. The molecule has 0 radical (unpaired) electrons.